The molecule has 0 fully saturated rings. The molecule has 6 N–H and O–H groups in total. The molecule has 0 unspecified atom stereocenters. The predicted molar refractivity (Wildman–Crippen MR) is 25.4 cm³/mol. The van der Waals surface area contributed by atoms with E-state index in [4.69, 9.17) is 31.5 Å². The average Bonchev–Trinajstić information content (AvgIpc) is 1.81. The van der Waals surface area contributed by atoms with Gasteiger partial charge in [-0.3, -0.25) is 36.2 Å². The van der Waals surface area contributed by atoms with E-state index in [0.29, 0.717) is 0 Å². The van der Waals surface area contributed by atoms with Gasteiger partial charge in [0.25, 0.3) is 0 Å². The summed E-state index contributed by atoms with van der Waals surface area (Å²) in [7, 11) is 0. The Labute approximate surface area is 86.6 Å². The second-order valence-corrected chi connectivity index (χ2v) is 0. The zero-order chi connectivity index (χ0) is 6.00. The molecule has 0 aromatic heterocycles. The molecule has 8 heteroatoms. The third-order valence-corrected chi connectivity index (χ3v) is 0. The molecular formula is H8FKO6. The van der Waals surface area contributed by atoms with Crippen molar-refractivity contribution in [1.82, 2.24) is 0 Å². The predicted octanol–water partition coefficient (Wildman–Crippen LogP) is -0.444. The Morgan fingerprint density at radius 1 is 0.500 bits per heavy atom. The zero-order valence-electron chi connectivity index (χ0n) is 3.09. The third kappa shape index (κ3) is 167. The van der Waals surface area contributed by atoms with Crippen LogP contribution in [0.25, 0.3) is 0 Å². The van der Waals surface area contributed by atoms with Gasteiger partial charge in [-0.1, -0.05) is 0 Å². The summed E-state index contributed by atoms with van der Waals surface area (Å²) < 4.78 is 0. The molecule has 0 amide bonds. The van der Waals surface area contributed by atoms with E-state index in [2.05, 4.69) is 0 Å². The van der Waals surface area contributed by atoms with Gasteiger partial charge in [0.2, 0.25) is 0 Å². The average molecular weight is 162 g/mol. The van der Waals surface area contributed by atoms with Crippen molar-refractivity contribution in [3.8, 4) is 0 Å². The van der Waals surface area contributed by atoms with Gasteiger partial charge in [0.15, 0.2) is 0 Å². The molecule has 0 aliphatic rings. The van der Waals surface area contributed by atoms with Crippen LogP contribution in [0, 0.1) is 0 Å². The summed E-state index contributed by atoms with van der Waals surface area (Å²) in [6.07, 6.45) is 0. The van der Waals surface area contributed by atoms with E-state index in [-0.39, 0.29) is 56.1 Å². The van der Waals surface area contributed by atoms with E-state index in [1.807, 2.05) is 0 Å². The van der Waals surface area contributed by atoms with Crippen LogP contribution in [0.4, 0.5) is 4.70 Å². The van der Waals surface area contributed by atoms with Crippen LogP contribution in [-0.4, -0.2) is 82.9 Å². The number of halogens is 1. The first kappa shape index (κ1) is 34.5. The monoisotopic (exact) mass is 162 g/mol. The second-order valence-electron chi connectivity index (χ2n) is 0. The Morgan fingerprint density at radius 3 is 0.500 bits per heavy atom. The Hall–Kier alpha value is 1.33. The fourth-order valence-corrected chi connectivity index (χ4v) is 0. The second kappa shape index (κ2) is 254. The molecule has 0 radical (unpaired) electrons. The molecule has 0 aromatic carbocycles. The standard InChI is InChI=1S/FH.K.3H2O2.H/c;;3*1-2;/h1H;;3*1-2H;. The Kier molecular flexibility index (Phi) is 1100. The van der Waals surface area contributed by atoms with Crippen molar-refractivity contribution in [2.24, 2.45) is 0 Å². The summed E-state index contributed by atoms with van der Waals surface area (Å²) in [6, 6.07) is 0. The van der Waals surface area contributed by atoms with Crippen LogP contribution in [0.2, 0.25) is 0 Å². The quantitative estimate of drug-likeness (QED) is 0.163. The van der Waals surface area contributed by atoms with E-state index in [1.54, 1.807) is 0 Å². The first-order chi connectivity index (χ1) is 3.00. The van der Waals surface area contributed by atoms with Crippen molar-refractivity contribution in [3.05, 3.63) is 0 Å². The fourth-order valence-electron chi connectivity index (χ4n) is 0. The molecule has 0 aromatic rings. The van der Waals surface area contributed by atoms with E-state index < -0.39 is 0 Å². The summed E-state index contributed by atoms with van der Waals surface area (Å²) in [6.45, 7) is 0. The molecule has 0 rings (SSSR count). The van der Waals surface area contributed by atoms with Gasteiger partial charge in [-0.25, -0.2) is 0 Å². The molecule has 0 saturated heterocycles. The van der Waals surface area contributed by atoms with Crippen LogP contribution in [0.3, 0.4) is 0 Å². The summed E-state index contributed by atoms with van der Waals surface area (Å²) >= 11 is 0. The molecule has 0 aliphatic carbocycles. The van der Waals surface area contributed by atoms with Crippen molar-refractivity contribution in [2.45, 2.75) is 0 Å². The summed E-state index contributed by atoms with van der Waals surface area (Å²) in [5.41, 5.74) is 0. The van der Waals surface area contributed by atoms with Crippen molar-refractivity contribution >= 4 is 51.4 Å². The fraction of sp³-hybridized carbons (Fsp3) is 0. The van der Waals surface area contributed by atoms with Gasteiger partial charge in [-0.15, -0.1) is 0 Å². The number of hydrogen-bond donors (Lipinski definition) is 6. The number of hydrogen-bond acceptors (Lipinski definition) is 6. The van der Waals surface area contributed by atoms with Crippen molar-refractivity contribution in [1.29, 1.82) is 0 Å². The first-order valence-corrected chi connectivity index (χ1v) is 0.600. The Bertz CT molecular complexity index is 8.49. The zero-order valence-corrected chi connectivity index (χ0v) is 3.09. The van der Waals surface area contributed by atoms with Gasteiger partial charge < -0.3 is 0 Å². The van der Waals surface area contributed by atoms with Gasteiger partial charge in [0, 0.05) is 0 Å². The van der Waals surface area contributed by atoms with Gasteiger partial charge in [0.05, 0.1) is 0 Å². The van der Waals surface area contributed by atoms with Crippen LogP contribution >= 0.6 is 0 Å². The summed E-state index contributed by atoms with van der Waals surface area (Å²) in [4.78, 5) is 0. The van der Waals surface area contributed by atoms with Gasteiger partial charge >= 0.3 is 51.4 Å². The van der Waals surface area contributed by atoms with Gasteiger partial charge in [-0.2, -0.15) is 0 Å². The van der Waals surface area contributed by atoms with Crippen LogP contribution in [0.1, 0.15) is 0 Å². The third-order valence-electron chi connectivity index (χ3n) is 0. The van der Waals surface area contributed by atoms with Crippen LogP contribution in [0.5, 0.6) is 0 Å². The van der Waals surface area contributed by atoms with E-state index >= 15 is 0 Å². The Morgan fingerprint density at radius 2 is 0.500 bits per heavy atom. The molecular weight excluding hydrogens is 154 g/mol. The maximum absolute atomic E-state index is 6.00. The van der Waals surface area contributed by atoms with E-state index in [0.717, 1.165) is 0 Å². The molecule has 0 saturated carbocycles. The topological polar surface area (TPSA) is 121 Å². The van der Waals surface area contributed by atoms with Gasteiger partial charge in [-0.05, 0) is 0 Å². The van der Waals surface area contributed by atoms with Crippen molar-refractivity contribution < 1.29 is 36.2 Å². The Balaban J connectivity index is -0.00000000500. The molecule has 6 nitrogen and oxygen atoms in total. The molecule has 52 valence electrons. The molecule has 0 atom stereocenters. The summed E-state index contributed by atoms with van der Waals surface area (Å²) in [5, 5.41) is 36.0. The maximum atomic E-state index is 6.00. The minimum absolute atomic E-state index is 0. The van der Waals surface area contributed by atoms with Crippen LogP contribution in [0.15, 0.2) is 0 Å². The molecule has 0 heterocycles. The van der Waals surface area contributed by atoms with Crippen LogP contribution in [-0.2, 0) is 0 Å². The normalized spacial score (nSPS) is 2.25. The molecule has 0 spiro atoms. The molecule has 8 heavy (non-hydrogen) atoms. The van der Waals surface area contributed by atoms with Gasteiger partial charge in [0.1, 0.15) is 0 Å². The van der Waals surface area contributed by atoms with Crippen molar-refractivity contribution in [2.75, 3.05) is 0 Å². The first-order valence-electron chi connectivity index (χ1n) is 0.600. The summed E-state index contributed by atoms with van der Waals surface area (Å²) in [5.74, 6) is 0. The van der Waals surface area contributed by atoms with E-state index in [1.165, 1.54) is 0 Å². The van der Waals surface area contributed by atoms with E-state index in [9.17, 15) is 0 Å². The molecule has 0 aliphatic heterocycles. The van der Waals surface area contributed by atoms with Crippen LogP contribution < -0.4 is 0 Å². The molecule has 0 bridgehead atoms. The number of rotatable bonds is 0. The SMILES string of the molecule is F.OO.OO.OO.[KH]. The van der Waals surface area contributed by atoms with Crippen molar-refractivity contribution in [3.63, 3.8) is 0 Å². The minimum atomic E-state index is 0.